The number of hydrogen-bond acceptors (Lipinski definition) is 5. The van der Waals surface area contributed by atoms with Crippen LogP contribution in [0.4, 0.5) is 5.69 Å². The maximum Gasteiger partial charge on any atom is 0.338 e. The average Bonchev–Trinajstić information content (AvgIpc) is 2.72. The van der Waals surface area contributed by atoms with Crippen molar-refractivity contribution in [1.82, 2.24) is 0 Å². The van der Waals surface area contributed by atoms with E-state index in [0.29, 0.717) is 28.8 Å². The maximum atomic E-state index is 12.4. The molecule has 0 atom stereocenters. The van der Waals surface area contributed by atoms with Crippen molar-refractivity contribution in [3.8, 4) is 0 Å². The number of carbonyl (C=O) groups excluding carboxylic acids is 2. The Morgan fingerprint density at radius 3 is 2.79 bits per heavy atom. The highest BCUT2D eigenvalue weighted by Gasteiger charge is 2.08. The van der Waals surface area contributed by atoms with E-state index in [9.17, 15) is 14.4 Å². The van der Waals surface area contributed by atoms with Gasteiger partial charge in [-0.1, -0.05) is 25.1 Å². The highest BCUT2D eigenvalue weighted by Crippen LogP contribution is 2.13. The van der Waals surface area contributed by atoms with Crippen molar-refractivity contribution in [3.63, 3.8) is 0 Å². The number of anilines is 1. The first kappa shape index (κ1) is 19.1. The van der Waals surface area contributed by atoms with Crippen LogP contribution >= 0.6 is 0 Å². The molecule has 1 aromatic heterocycles. The molecule has 0 radical (unpaired) electrons. The molecule has 3 rings (SSSR count). The van der Waals surface area contributed by atoms with Crippen LogP contribution in [0.5, 0.6) is 0 Å². The summed E-state index contributed by atoms with van der Waals surface area (Å²) in [5, 5.41) is 3.10. The third-order valence-electron chi connectivity index (χ3n) is 3.92. The molecule has 6 nitrogen and oxygen atoms in total. The summed E-state index contributed by atoms with van der Waals surface area (Å²) in [7, 11) is 0. The molecule has 6 heteroatoms. The summed E-state index contributed by atoms with van der Waals surface area (Å²) in [6, 6.07) is 13.4. The van der Waals surface area contributed by atoms with Crippen LogP contribution in [0.3, 0.4) is 0 Å². The van der Waals surface area contributed by atoms with E-state index in [-0.39, 0.29) is 11.0 Å². The molecule has 0 saturated carbocycles. The van der Waals surface area contributed by atoms with Gasteiger partial charge in [-0.3, -0.25) is 9.59 Å². The van der Waals surface area contributed by atoms with Crippen LogP contribution in [-0.4, -0.2) is 18.5 Å². The van der Waals surface area contributed by atoms with Crippen molar-refractivity contribution in [2.24, 2.45) is 0 Å². The van der Waals surface area contributed by atoms with Crippen LogP contribution in [-0.2, 0) is 9.53 Å². The highest BCUT2D eigenvalue weighted by molar-refractivity contribution is 6.02. The van der Waals surface area contributed by atoms with E-state index in [1.165, 1.54) is 24.5 Å². The number of fused-ring (bicyclic) bond motifs is 1. The minimum Gasteiger partial charge on any atom is -0.463 e. The fourth-order valence-electron chi connectivity index (χ4n) is 2.56. The average molecular weight is 377 g/mol. The molecule has 0 bridgehead atoms. The molecule has 0 aliphatic heterocycles. The van der Waals surface area contributed by atoms with Gasteiger partial charge in [0.25, 0.3) is 0 Å². The highest BCUT2D eigenvalue weighted by atomic mass is 16.5. The van der Waals surface area contributed by atoms with Gasteiger partial charge in [0.15, 0.2) is 5.43 Å². The van der Waals surface area contributed by atoms with Crippen LogP contribution < -0.4 is 10.7 Å². The van der Waals surface area contributed by atoms with Gasteiger partial charge in [0.05, 0.1) is 23.1 Å². The zero-order chi connectivity index (χ0) is 19.9. The number of nitrogens with one attached hydrogen (secondary N) is 1. The predicted molar refractivity (Wildman–Crippen MR) is 107 cm³/mol. The molecule has 1 N–H and O–H groups in total. The number of ether oxygens (including phenoxy) is 1. The first-order valence-electron chi connectivity index (χ1n) is 8.85. The topological polar surface area (TPSA) is 85.6 Å². The van der Waals surface area contributed by atoms with Gasteiger partial charge in [0.1, 0.15) is 11.8 Å². The van der Waals surface area contributed by atoms with Crippen molar-refractivity contribution >= 4 is 34.6 Å². The molecule has 1 heterocycles. The summed E-state index contributed by atoms with van der Waals surface area (Å²) in [5.74, 6) is -0.881. The number of hydrogen-bond donors (Lipinski definition) is 1. The van der Waals surface area contributed by atoms with Crippen LogP contribution in [0.1, 0.15) is 29.3 Å². The number of carbonyl (C=O) groups is 2. The molecule has 28 heavy (non-hydrogen) atoms. The zero-order valence-electron chi connectivity index (χ0n) is 15.3. The summed E-state index contributed by atoms with van der Waals surface area (Å²) in [5.41, 5.74) is 1.34. The summed E-state index contributed by atoms with van der Waals surface area (Å²) in [6.07, 6.45) is 4.69. The van der Waals surface area contributed by atoms with Crippen molar-refractivity contribution in [2.75, 3.05) is 11.9 Å². The van der Waals surface area contributed by atoms with Crippen molar-refractivity contribution in [2.45, 2.75) is 13.3 Å². The predicted octanol–water partition coefficient (Wildman–Crippen LogP) is 4.01. The zero-order valence-corrected chi connectivity index (χ0v) is 15.3. The van der Waals surface area contributed by atoms with E-state index in [0.717, 1.165) is 6.42 Å². The van der Waals surface area contributed by atoms with Gasteiger partial charge in [-0.15, -0.1) is 0 Å². The number of esters is 1. The Morgan fingerprint density at radius 2 is 1.96 bits per heavy atom. The number of para-hydroxylation sites is 1. The fraction of sp³-hybridized carbons (Fsp3) is 0.136. The standard InChI is InChI=1S/C22H19NO5/c1-2-12-27-22(26)15-6-5-7-17(13-15)23-20(24)11-10-16-14-28-19-9-4-3-8-18(19)21(16)25/h3-11,13-14H,2,12H2,1H3,(H,23,24)/b11-10+. The molecule has 0 aliphatic rings. The second-order valence-electron chi connectivity index (χ2n) is 6.06. The van der Waals surface area contributed by atoms with Gasteiger partial charge in [-0.2, -0.15) is 0 Å². The van der Waals surface area contributed by atoms with Crippen LogP contribution in [0.15, 0.2) is 70.1 Å². The lowest BCUT2D eigenvalue weighted by atomic mass is 10.1. The van der Waals surface area contributed by atoms with Crippen molar-refractivity contribution in [1.29, 1.82) is 0 Å². The SMILES string of the molecule is CCCOC(=O)c1cccc(NC(=O)/C=C/c2coc3ccccc3c2=O)c1. The number of rotatable bonds is 6. The molecular weight excluding hydrogens is 358 g/mol. The Morgan fingerprint density at radius 1 is 1.14 bits per heavy atom. The van der Waals surface area contributed by atoms with E-state index in [4.69, 9.17) is 9.15 Å². The van der Waals surface area contributed by atoms with Crippen LogP contribution in [0, 0.1) is 0 Å². The first-order valence-corrected chi connectivity index (χ1v) is 8.85. The Kier molecular flexibility index (Phi) is 6.01. The van der Waals surface area contributed by atoms with Gasteiger partial charge >= 0.3 is 5.97 Å². The Bertz CT molecular complexity index is 1100. The summed E-state index contributed by atoms with van der Waals surface area (Å²) < 4.78 is 10.5. The lowest BCUT2D eigenvalue weighted by molar-refractivity contribution is -0.111. The Labute approximate surface area is 161 Å². The van der Waals surface area contributed by atoms with Gasteiger partial charge < -0.3 is 14.5 Å². The maximum absolute atomic E-state index is 12.4. The molecule has 142 valence electrons. The first-order chi connectivity index (χ1) is 13.6. The van der Waals surface area contributed by atoms with Crippen molar-refractivity contribution < 1.29 is 18.7 Å². The molecule has 2 aromatic carbocycles. The monoisotopic (exact) mass is 377 g/mol. The molecule has 0 fully saturated rings. The third kappa shape index (κ3) is 4.54. The molecular formula is C22H19NO5. The Hall–Kier alpha value is -3.67. The van der Waals surface area contributed by atoms with Crippen LogP contribution in [0.2, 0.25) is 0 Å². The number of amides is 1. The second kappa shape index (κ2) is 8.81. The quantitative estimate of drug-likeness (QED) is 0.518. The summed E-state index contributed by atoms with van der Waals surface area (Å²) in [4.78, 5) is 36.5. The Balaban J connectivity index is 1.71. The molecule has 0 aliphatic carbocycles. The minimum atomic E-state index is -0.442. The lowest BCUT2D eigenvalue weighted by Crippen LogP contribution is -2.11. The largest absolute Gasteiger partial charge is 0.463 e. The summed E-state index contributed by atoms with van der Waals surface area (Å²) >= 11 is 0. The lowest BCUT2D eigenvalue weighted by Gasteiger charge is -2.06. The molecule has 1 amide bonds. The molecule has 0 unspecified atom stereocenters. The van der Waals surface area contributed by atoms with Gasteiger partial charge in [0.2, 0.25) is 5.91 Å². The second-order valence-corrected chi connectivity index (χ2v) is 6.06. The normalized spacial score (nSPS) is 10.9. The molecule has 0 spiro atoms. The summed E-state index contributed by atoms with van der Waals surface area (Å²) in [6.45, 7) is 2.25. The third-order valence-corrected chi connectivity index (χ3v) is 3.92. The van der Waals surface area contributed by atoms with E-state index < -0.39 is 11.9 Å². The minimum absolute atomic E-state index is 0.216. The van der Waals surface area contributed by atoms with Gasteiger partial charge in [0, 0.05) is 11.8 Å². The van der Waals surface area contributed by atoms with Gasteiger partial charge in [-0.05, 0) is 42.8 Å². The van der Waals surface area contributed by atoms with E-state index in [2.05, 4.69) is 5.32 Å². The molecule has 0 saturated heterocycles. The van der Waals surface area contributed by atoms with Gasteiger partial charge in [-0.25, -0.2) is 4.79 Å². The van der Waals surface area contributed by atoms with E-state index >= 15 is 0 Å². The van der Waals surface area contributed by atoms with Crippen LogP contribution in [0.25, 0.3) is 17.0 Å². The van der Waals surface area contributed by atoms with Crippen molar-refractivity contribution in [3.05, 3.63) is 82.2 Å². The van der Waals surface area contributed by atoms with E-state index in [1.807, 2.05) is 6.92 Å². The smallest absolute Gasteiger partial charge is 0.338 e. The molecule has 3 aromatic rings. The fourth-order valence-corrected chi connectivity index (χ4v) is 2.56. The van der Waals surface area contributed by atoms with E-state index in [1.54, 1.807) is 42.5 Å². The number of benzene rings is 2.